The van der Waals surface area contributed by atoms with Gasteiger partial charge < -0.3 is 4.84 Å². The fraction of sp³-hybridized carbons (Fsp3) is 0.125. The molecule has 4 aromatic carbocycles. The first kappa shape index (κ1) is 26.8. The van der Waals surface area contributed by atoms with Crippen LogP contribution in [0.1, 0.15) is 55.5 Å². The Labute approximate surface area is 226 Å². The van der Waals surface area contributed by atoms with Crippen LogP contribution >= 0.6 is 11.8 Å². The van der Waals surface area contributed by atoms with Gasteiger partial charge in [0, 0.05) is 39.0 Å². The molecule has 0 unspecified atom stereocenters. The van der Waals surface area contributed by atoms with E-state index in [0.29, 0.717) is 22.3 Å². The van der Waals surface area contributed by atoms with E-state index in [0.717, 1.165) is 26.5 Å². The Morgan fingerprint density at radius 3 is 1.87 bits per heavy atom. The van der Waals surface area contributed by atoms with Gasteiger partial charge in [-0.25, -0.2) is 4.79 Å². The summed E-state index contributed by atoms with van der Waals surface area (Å²) < 4.78 is 0. The molecule has 0 saturated heterocycles. The second-order valence-corrected chi connectivity index (χ2v) is 10.1. The topological polar surface area (TPSA) is 72.8 Å². The Morgan fingerprint density at radius 2 is 1.26 bits per heavy atom. The first-order valence-electron chi connectivity index (χ1n) is 12.1. The van der Waals surface area contributed by atoms with Crippen molar-refractivity contribution < 1.29 is 19.2 Å². The average molecular weight is 522 g/mol. The van der Waals surface area contributed by atoms with Gasteiger partial charge in [0.15, 0.2) is 11.5 Å². The first-order chi connectivity index (χ1) is 18.2. The van der Waals surface area contributed by atoms with Crippen LogP contribution in [0.3, 0.4) is 0 Å². The van der Waals surface area contributed by atoms with Crippen molar-refractivity contribution in [1.82, 2.24) is 0 Å². The van der Waals surface area contributed by atoms with Crippen LogP contribution in [-0.2, 0) is 9.63 Å². The van der Waals surface area contributed by atoms with Crippen LogP contribution in [0.25, 0.3) is 0 Å². The molecule has 0 aliphatic carbocycles. The van der Waals surface area contributed by atoms with Crippen molar-refractivity contribution >= 4 is 35.0 Å². The molecule has 0 heterocycles. The van der Waals surface area contributed by atoms with Gasteiger partial charge in [-0.15, -0.1) is 0 Å². The van der Waals surface area contributed by atoms with Crippen molar-refractivity contribution in [1.29, 1.82) is 0 Å². The maximum atomic E-state index is 13.4. The van der Waals surface area contributed by atoms with Crippen molar-refractivity contribution in [3.05, 3.63) is 130 Å². The molecule has 4 aromatic rings. The molecule has 0 aliphatic heterocycles. The smallest absolute Gasteiger partial charge is 0.318 e. The minimum absolute atomic E-state index is 0.00224. The zero-order valence-corrected chi connectivity index (χ0v) is 22.5. The highest BCUT2D eigenvalue weighted by Gasteiger charge is 2.20. The lowest BCUT2D eigenvalue weighted by molar-refractivity contribution is -0.140. The number of oxime groups is 1. The number of hydrogen-bond donors (Lipinski definition) is 0. The highest BCUT2D eigenvalue weighted by Crippen LogP contribution is 2.29. The zero-order valence-electron chi connectivity index (χ0n) is 21.6. The van der Waals surface area contributed by atoms with Crippen molar-refractivity contribution in [2.75, 3.05) is 0 Å². The molecule has 0 saturated carbocycles. The third-order valence-corrected chi connectivity index (χ3v) is 7.00. The van der Waals surface area contributed by atoms with Crippen LogP contribution in [0.2, 0.25) is 0 Å². The van der Waals surface area contributed by atoms with Crippen LogP contribution in [0.5, 0.6) is 0 Å². The quantitative estimate of drug-likeness (QED) is 0.107. The zero-order chi connectivity index (χ0) is 27.2. The lowest BCUT2D eigenvalue weighted by Gasteiger charge is -2.10. The van der Waals surface area contributed by atoms with Gasteiger partial charge in [-0.05, 0) is 86.5 Å². The van der Waals surface area contributed by atoms with Gasteiger partial charge in [-0.1, -0.05) is 58.9 Å². The summed E-state index contributed by atoms with van der Waals surface area (Å²) in [5.74, 6) is -0.938. The molecule has 4 rings (SSSR count). The molecular weight excluding hydrogens is 494 g/mol. The van der Waals surface area contributed by atoms with Gasteiger partial charge in [-0.2, -0.15) is 0 Å². The normalized spacial score (nSPS) is 11.2. The number of Topliss-reactive ketones (excluding diaryl/α,β-unsaturated/α-hetero) is 1. The fourth-order valence-corrected chi connectivity index (χ4v) is 4.73. The summed E-state index contributed by atoms with van der Waals surface area (Å²) >= 11 is 1.53. The maximum Gasteiger partial charge on any atom is 0.332 e. The Bertz CT molecular complexity index is 1540. The van der Waals surface area contributed by atoms with E-state index < -0.39 is 5.97 Å². The van der Waals surface area contributed by atoms with Gasteiger partial charge in [0.2, 0.25) is 5.78 Å². The lowest BCUT2D eigenvalue weighted by Crippen LogP contribution is -2.18. The minimum atomic E-state index is -0.598. The third-order valence-electron chi connectivity index (χ3n) is 5.99. The number of aryl methyl sites for hydroxylation is 3. The number of carbonyl (C=O) groups excluding carboxylic acids is 3. The highest BCUT2D eigenvalue weighted by molar-refractivity contribution is 7.99. The first-order valence-corrected chi connectivity index (χ1v) is 12.9. The molecule has 0 radical (unpaired) electrons. The standard InChI is InChI=1S/C32H27NO4S/c1-20-9-10-22(3)29(19-20)30(33-37-23(4)34)32(36)25-13-17-27(18-14-25)38-26-15-11-24(12-16-26)31(35)28-8-6-5-7-21(28)2/h5-19H,1-4H3. The van der Waals surface area contributed by atoms with Crippen LogP contribution in [0.15, 0.2) is 106 Å². The van der Waals surface area contributed by atoms with E-state index in [9.17, 15) is 14.4 Å². The van der Waals surface area contributed by atoms with E-state index in [1.165, 1.54) is 18.7 Å². The number of benzene rings is 4. The van der Waals surface area contributed by atoms with Gasteiger partial charge in [0.05, 0.1) is 0 Å². The van der Waals surface area contributed by atoms with Crippen LogP contribution in [0, 0.1) is 20.8 Å². The Morgan fingerprint density at radius 1 is 0.684 bits per heavy atom. The Kier molecular flexibility index (Phi) is 8.34. The van der Waals surface area contributed by atoms with E-state index in [2.05, 4.69) is 5.16 Å². The summed E-state index contributed by atoms with van der Waals surface area (Å²) in [5, 5.41) is 3.90. The molecular formula is C32H27NO4S. The average Bonchev–Trinajstić information content (AvgIpc) is 2.91. The molecule has 0 spiro atoms. The molecule has 0 aromatic heterocycles. The molecule has 0 aliphatic rings. The van der Waals surface area contributed by atoms with Gasteiger partial charge in [-0.3, -0.25) is 9.59 Å². The molecule has 6 heteroatoms. The third kappa shape index (κ3) is 6.33. The number of ketones is 2. The molecule has 0 fully saturated rings. The number of carbonyl (C=O) groups is 3. The molecule has 38 heavy (non-hydrogen) atoms. The predicted molar refractivity (Wildman–Crippen MR) is 150 cm³/mol. The van der Waals surface area contributed by atoms with Gasteiger partial charge >= 0.3 is 5.97 Å². The summed E-state index contributed by atoms with van der Waals surface area (Å²) in [6.45, 7) is 6.98. The van der Waals surface area contributed by atoms with E-state index in [-0.39, 0.29) is 17.3 Å². The molecule has 0 N–H and O–H groups in total. The monoisotopic (exact) mass is 521 g/mol. The van der Waals surface area contributed by atoms with Crippen molar-refractivity contribution in [2.24, 2.45) is 5.16 Å². The lowest BCUT2D eigenvalue weighted by atomic mass is 9.96. The van der Waals surface area contributed by atoms with Crippen LogP contribution < -0.4 is 0 Å². The van der Waals surface area contributed by atoms with Gasteiger partial charge in [0.1, 0.15) is 0 Å². The summed E-state index contributed by atoms with van der Waals surface area (Å²) in [4.78, 5) is 44.4. The second kappa shape index (κ2) is 11.8. The van der Waals surface area contributed by atoms with Gasteiger partial charge in [0.25, 0.3) is 0 Å². The second-order valence-electron chi connectivity index (χ2n) is 8.97. The van der Waals surface area contributed by atoms with E-state index >= 15 is 0 Å². The molecule has 5 nitrogen and oxygen atoms in total. The molecule has 0 bridgehead atoms. The SMILES string of the molecule is CC(=O)ON=C(C(=O)c1ccc(Sc2ccc(C(=O)c3ccccc3C)cc2)cc1)c1cc(C)ccc1C. The molecule has 0 atom stereocenters. The van der Waals surface area contributed by atoms with E-state index in [1.54, 1.807) is 12.1 Å². The van der Waals surface area contributed by atoms with Crippen LogP contribution in [0.4, 0.5) is 0 Å². The number of rotatable bonds is 8. The molecule has 0 amide bonds. The van der Waals surface area contributed by atoms with Crippen molar-refractivity contribution in [3.63, 3.8) is 0 Å². The number of hydrogen-bond acceptors (Lipinski definition) is 6. The van der Waals surface area contributed by atoms with Crippen LogP contribution in [-0.4, -0.2) is 23.2 Å². The largest absolute Gasteiger partial charge is 0.332 e. The summed E-state index contributed by atoms with van der Waals surface area (Å²) in [5.41, 5.74) is 5.23. The fourth-order valence-electron chi connectivity index (χ4n) is 3.92. The molecule has 190 valence electrons. The maximum absolute atomic E-state index is 13.4. The Balaban J connectivity index is 1.51. The Hall–Kier alpha value is -4.29. The van der Waals surface area contributed by atoms with E-state index in [4.69, 9.17) is 4.84 Å². The summed E-state index contributed by atoms with van der Waals surface area (Å²) in [6.07, 6.45) is 0. The van der Waals surface area contributed by atoms with Crippen molar-refractivity contribution in [3.8, 4) is 0 Å². The highest BCUT2D eigenvalue weighted by atomic mass is 32.2. The minimum Gasteiger partial charge on any atom is -0.318 e. The summed E-state index contributed by atoms with van der Waals surface area (Å²) in [7, 11) is 0. The predicted octanol–water partition coefficient (Wildman–Crippen LogP) is 7.14. The van der Waals surface area contributed by atoms with E-state index in [1.807, 2.05) is 99.6 Å². The van der Waals surface area contributed by atoms with Crippen molar-refractivity contribution in [2.45, 2.75) is 37.5 Å². The number of nitrogens with zero attached hydrogens (tertiary/aromatic N) is 1. The summed E-state index contributed by atoms with van der Waals surface area (Å²) in [6, 6.07) is 27.9.